The van der Waals surface area contributed by atoms with Crippen LogP contribution in [0.1, 0.15) is 44.6 Å². The molecule has 0 bridgehead atoms. The number of amides is 1. The van der Waals surface area contributed by atoms with E-state index in [1.165, 1.54) is 18.4 Å². The number of benzene rings is 1. The number of alkyl halides is 1. The highest BCUT2D eigenvalue weighted by Gasteiger charge is 2.02. The molecule has 1 N–H and O–H groups in total. The topological polar surface area (TPSA) is 29.1 Å². The average Bonchev–Trinajstić information content (AvgIpc) is 2.37. The number of aryl methyl sites for hydroxylation is 1. The molecule has 2 nitrogen and oxygen atoms in total. The van der Waals surface area contributed by atoms with Crippen LogP contribution < -0.4 is 5.32 Å². The van der Waals surface area contributed by atoms with E-state index < -0.39 is 0 Å². The molecule has 1 amide bonds. The van der Waals surface area contributed by atoms with Gasteiger partial charge in [0.25, 0.3) is 0 Å². The number of hydrogen-bond donors (Lipinski definition) is 1. The number of carbonyl (C=O) groups excluding carboxylic acids is 1. The summed E-state index contributed by atoms with van der Waals surface area (Å²) in [5.74, 6) is 0.132. The highest BCUT2D eigenvalue weighted by molar-refractivity contribution is 14.1. The number of hydrogen-bond acceptors (Lipinski definition) is 1. The second-order valence-corrected chi connectivity index (χ2v) is 5.57. The fourth-order valence-electron chi connectivity index (χ4n) is 1.80. The highest BCUT2D eigenvalue weighted by Crippen LogP contribution is 2.12. The molecular formula is C15H22INO. The first-order valence-electron chi connectivity index (χ1n) is 6.71. The van der Waals surface area contributed by atoms with E-state index in [-0.39, 0.29) is 5.91 Å². The molecule has 0 heterocycles. The van der Waals surface area contributed by atoms with Crippen LogP contribution in [0, 0.1) is 0 Å². The third-order valence-electron chi connectivity index (χ3n) is 2.88. The van der Waals surface area contributed by atoms with Crippen molar-refractivity contribution in [1.82, 2.24) is 0 Å². The molecule has 0 aliphatic heterocycles. The van der Waals surface area contributed by atoms with Crippen LogP contribution in [-0.2, 0) is 11.2 Å². The van der Waals surface area contributed by atoms with Gasteiger partial charge in [-0.25, -0.2) is 0 Å². The lowest BCUT2D eigenvalue weighted by Crippen LogP contribution is -2.10. The Hall–Kier alpha value is -0.580. The summed E-state index contributed by atoms with van der Waals surface area (Å²) >= 11 is 2.37. The van der Waals surface area contributed by atoms with Gasteiger partial charge in [-0.1, -0.05) is 60.9 Å². The van der Waals surface area contributed by atoms with E-state index in [9.17, 15) is 4.79 Å². The Balaban J connectivity index is 2.30. The van der Waals surface area contributed by atoms with Crippen LogP contribution in [0.2, 0.25) is 0 Å². The largest absolute Gasteiger partial charge is 0.326 e. The summed E-state index contributed by atoms with van der Waals surface area (Å²) in [6.07, 6.45) is 6.30. The molecule has 0 radical (unpaired) electrons. The quantitative estimate of drug-likeness (QED) is 0.411. The Morgan fingerprint density at radius 3 is 2.50 bits per heavy atom. The third-order valence-corrected chi connectivity index (χ3v) is 3.42. The van der Waals surface area contributed by atoms with Crippen LogP contribution >= 0.6 is 22.6 Å². The van der Waals surface area contributed by atoms with Crippen molar-refractivity contribution in [2.24, 2.45) is 0 Å². The maximum Gasteiger partial charge on any atom is 0.224 e. The lowest BCUT2D eigenvalue weighted by molar-refractivity contribution is -0.116. The Bertz CT molecular complexity index is 348. The number of nitrogens with one attached hydrogen (secondary N) is 1. The first-order chi connectivity index (χ1) is 8.76. The molecule has 100 valence electrons. The molecule has 0 spiro atoms. The summed E-state index contributed by atoms with van der Waals surface area (Å²) in [5, 5.41) is 2.95. The first kappa shape index (κ1) is 15.5. The Kier molecular flexibility index (Phi) is 8.05. The van der Waals surface area contributed by atoms with E-state index in [0.29, 0.717) is 6.42 Å². The van der Waals surface area contributed by atoms with Gasteiger partial charge in [0.2, 0.25) is 5.91 Å². The maximum absolute atomic E-state index is 11.7. The smallest absolute Gasteiger partial charge is 0.224 e. The molecule has 0 fully saturated rings. The van der Waals surface area contributed by atoms with Crippen molar-refractivity contribution in [3.63, 3.8) is 0 Å². The molecule has 0 saturated carbocycles. The van der Waals surface area contributed by atoms with Crippen molar-refractivity contribution in [3.05, 3.63) is 29.8 Å². The lowest BCUT2D eigenvalue weighted by Gasteiger charge is -2.06. The van der Waals surface area contributed by atoms with Crippen LogP contribution in [0.15, 0.2) is 24.3 Å². The molecule has 0 aliphatic rings. The third kappa shape index (κ3) is 6.38. The van der Waals surface area contributed by atoms with E-state index in [1.54, 1.807) is 0 Å². The van der Waals surface area contributed by atoms with Gasteiger partial charge >= 0.3 is 0 Å². The Morgan fingerprint density at radius 2 is 1.89 bits per heavy atom. The Morgan fingerprint density at radius 1 is 1.17 bits per heavy atom. The zero-order valence-corrected chi connectivity index (χ0v) is 13.2. The standard InChI is InChI=1S/C15H22INO/c1-2-3-4-5-6-15(18)17-14-9-7-13(8-10-14)11-12-16/h7-10H,2-6,11-12H2,1H3,(H,17,18). The van der Waals surface area contributed by atoms with Gasteiger partial charge in [-0.2, -0.15) is 0 Å². The van der Waals surface area contributed by atoms with Crippen LogP contribution in [0.3, 0.4) is 0 Å². The highest BCUT2D eigenvalue weighted by atomic mass is 127. The Labute approximate surface area is 124 Å². The van der Waals surface area contributed by atoms with Gasteiger partial charge in [0.05, 0.1) is 0 Å². The van der Waals surface area contributed by atoms with Gasteiger partial charge < -0.3 is 5.32 Å². The van der Waals surface area contributed by atoms with Crippen LogP contribution in [0.4, 0.5) is 5.69 Å². The fourth-order valence-corrected chi connectivity index (χ4v) is 2.42. The van der Waals surface area contributed by atoms with Crippen molar-refractivity contribution < 1.29 is 4.79 Å². The van der Waals surface area contributed by atoms with Crippen molar-refractivity contribution in [2.75, 3.05) is 9.74 Å². The molecular weight excluding hydrogens is 337 g/mol. The normalized spacial score (nSPS) is 10.3. The fraction of sp³-hybridized carbons (Fsp3) is 0.533. The summed E-state index contributed by atoms with van der Waals surface area (Å²) in [4.78, 5) is 11.7. The second-order valence-electron chi connectivity index (χ2n) is 4.49. The van der Waals surface area contributed by atoms with Crippen LogP contribution in [-0.4, -0.2) is 10.3 Å². The molecule has 0 unspecified atom stereocenters. The van der Waals surface area contributed by atoms with E-state index in [0.717, 1.165) is 29.4 Å². The second kappa shape index (κ2) is 9.36. The zero-order chi connectivity index (χ0) is 13.2. The number of anilines is 1. The van der Waals surface area contributed by atoms with Gasteiger partial charge in [0.1, 0.15) is 0 Å². The first-order valence-corrected chi connectivity index (χ1v) is 8.23. The minimum Gasteiger partial charge on any atom is -0.326 e. The summed E-state index contributed by atoms with van der Waals surface area (Å²) in [7, 11) is 0. The minimum atomic E-state index is 0.132. The SMILES string of the molecule is CCCCCCC(=O)Nc1ccc(CCI)cc1. The number of halogens is 1. The van der Waals surface area contributed by atoms with Crippen molar-refractivity contribution in [2.45, 2.75) is 45.4 Å². The average molecular weight is 359 g/mol. The molecule has 0 saturated heterocycles. The summed E-state index contributed by atoms with van der Waals surface area (Å²) in [6.45, 7) is 2.18. The molecule has 1 aromatic carbocycles. The van der Waals surface area contributed by atoms with Gasteiger partial charge in [0.15, 0.2) is 0 Å². The molecule has 3 heteroatoms. The lowest BCUT2D eigenvalue weighted by atomic mass is 10.1. The molecule has 0 aliphatic carbocycles. The van der Waals surface area contributed by atoms with Crippen molar-refractivity contribution >= 4 is 34.2 Å². The maximum atomic E-state index is 11.7. The van der Waals surface area contributed by atoms with Gasteiger partial charge in [-0.15, -0.1) is 0 Å². The number of carbonyl (C=O) groups is 1. The zero-order valence-electron chi connectivity index (χ0n) is 11.0. The number of rotatable bonds is 8. The van der Waals surface area contributed by atoms with E-state index >= 15 is 0 Å². The van der Waals surface area contributed by atoms with Gasteiger partial charge in [-0.3, -0.25) is 4.79 Å². The minimum absolute atomic E-state index is 0.132. The monoisotopic (exact) mass is 359 g/mol. The summed E-state index contributed by atoms with van der Waals surface area (Å²) in [5.41, 5.74) is 2.23. The molecule has 18 heavy (non-hydrogen) atoms. The van der Waals surface area contributed by atoms with E-state index in [2.05, 4.69) is 47.0 Å². The van der Waals surface area contributed by atoms with Crippen LogP contribution in [0.5, 0.6) is 0 Å². The molecule has 1 rings (SSSR count). The predicted molar refractivity (Wildman–Crippen MR) is 86.4 cm³/mol. The predicted octanol–water partition coefficient (Wildman–Crippen LogP) is 4.57. The molecule has 0 atom stereocenters. The summed E-state index contributed by atoms with van der Waals surface area (Å²) in [6, 6.07) is 8.16. The van der Waals surface area contributed by atoms with Gasteiger partial charge in [0, 0.05) is 16.5 Å². The molecule has 1 aromatic rings. The van der Waals surface area contributed by atoms with E-state index in [1.807, 2.05) is 12.1 Å². The van der Waals surface area contributed by atoms with Crippen LogP contribution in [0.25, 0.3) is 0 Å². The number of unbranched alkanes of at least 4 members (excludes halogenated alkanes) is 3. The van der Waals surface area contributed by atoms with Crippen molar-refractivity contribution in [3.8, 4) is 0 Å². The van der Waals surface area contributed by atoms with Crippen molar-refractivity contribution in [1.29, 1.82) is 0 Å². The summed E-state index contributed by atoms with van der Waals surface area (Å²) < 4.78 is 1.13. The molecule has 0 aromatic heterocycles. The van der Waals surface area contributed by atoms with Gasteiger partial charge in [-0.05, 0) is 30.5 Å². The van der Waals surface area contributed by atoms with E-state index in [4.69, 9.17) is 0 Å².